The lowest BCUT2D eigenvalue weighted by molar-refractivity contribution is 0.0902. The molecule has 104 valence electrons. The van der Waals surface area contributed by atoms with Crippen LogP contribution in [0.15, 0.2) is 22.7 Å². The Morgan fingerprint density at radius 2 is 2.21 bits per heavy atom. The van der Waals surface area contributed by atoms with Gasteiger partial charge in [-0.15, -0.1) is 0 Å². The quantitative estimate of drug-likeness (QED) is 0.820. The zero-order valence-corrected chi connectivity index (χ0v) is 13.6. The van der Waals surface area contributed by atoms with Crippen molar-refractivity contribution in [1.29, 1.82) is 0 Å². The average Bonchev–Trinajstić information content (AvgIpc) is 2.31. The first-order valence-corrected chi connectivity index (χ1v) is 7.80. The molecular weight excluding hydrogens is 326 g/mol. The lowest BCUT2D eigenvalue weighted by Gasteiger charge is -2.35. The Hall–Kier alpha value is -0.540. The summed E-state index contributed by atoms with van der Waals surface area (Å²) < 4.78 is 0.810. The minimum atomic E-state index is -0.0305. The first-order valence-electron chi connectivity index (χ1n) is 6.63. The molecule has 1 atom stereocenters. The molecule has 1 fully saturated rings. The van der Waals surface area contributed by atoms with Crippen molar-refractivity contribution in [3.63, 3.8) is 0 Å². The van der Waals surface area contributed by atoms with E-state index in [2.05, 4.69) is 35.1 Å². The Balaban J connectivity index is 2.02. The molecule has 1 N–H and O–H groups in total. The van der Waals surface area contributed by atoms with E-state index in [1.807, 2.05) is 6.07 Å². The van der Waals surface area contributed by atoms with Crippen LogP contribution in [0.5, 0.6) is 0 Å². The fraction of sp³-hybridized carbons (Fsp3) is 0.533. The molecule has 0 spiro atoms. The second-order valence-corrected chi connectivity index (χ2v) is 7.32. The molecule has 0 aliphatic heterocycles. The highest BCUT2D eigenvalue weighted by molar-refractivity contribution is 9.10. The molecule has 0 aromatic heterocycles. The molecule has 4 heteroatoms. The molecule has 0 radical (unpaired) electrons. The van der Waals surface area contributed by atoms with Crippen molar-refractivity contribution >= 4 is 33.4 Å². The second kappa shape index (κ2) is 5.84. The molecule has 1 amide bonds. The van der Waals surface area contributed by atoms with Crippen LogP contribution in [0, 0.1) is 5.41 Å². The predicted molar refractivity (Wildman–Crippen MR) is 82.7 cm³/mol. The molecule has 0 saturated heterocycles. The van der Waals surface area contributed by atoms with E-state index in [-0.39, 0.29) is 11.9 Å². The number of amides is 1. The van der Waals surface area contributed by atoms with Crippen molar-refractivity contribution in [2.24, 2.45) is 5.41 Å². The Kier molecular flexibility index (Phi) is 4.57. The van der Waals surface area contributed by atoms with Crippen LogP contribution in [-0.2, 0) is 0 Å². The zero-order chi connectivity index (χ0) is 14.0. The number of nitrogens with one attached hydrogen (secondary N) is 1. The third kappa shape index (κ3) is 3.96. The van der Waals surface area contributed by atoms with Gasteiger partial charge in [-0.05, 0) is 58.8 Å². The van der Waals surface area contributed by atoms with Crippen LogP contribution in [0.2, 0.25) is 5.02 Å². The third-order valence-electron chi connectivity index (χ3n) is 3.72. The largest absolute Gasteiger partial charge is 0.349 e. The normalized spacial score (nSPS) is 22.0. The molecule has 1 aromatic carbocycles. The van der Waals surface area contributed by atoms with Crippen LogP contribution in [0.3, 0.4) is 0 Å². The van der Waals surface area contributed by atoms with Crippen molar-refractivity contribution < 1.29 is 4.79 Å². The van der Waals surface area contributed by atoms with E-state index in [0.29, 0.717) is 16.0 Å². The van der Waals surface area contributed by atoms with Gasteiger partial charge in [-0.3, -0.25) is 4.79 Å². The van der Waals surface area contributed by atoms with Crippen LogP contribution < -0.4 is 5.32 Å². The lowest BCUT2D eigenvalue weighted by Crippen LogP contribution is -2.40. The molecule has 1 saturated carbocycles. The van der Waals surface area contributed by atoms with Crippen LogP contribution in [-0.4, -0.2) is 11.9 Å². The van der Waals surface area contributed by atoms with Crippen LogP contribution in [0.1, 0.15) is 49.9 Å². The maximum atomic E-state index is 12.2. The minimum absolute atomic E-state index is 0.0305. The van der Waals surface area contributed by atoms with E-state index in [1.165, 1.54) is 12.8 Å². The van der Waals surface area contributed by atoms with Crippen LogP contribution >= 0.6 is 27.5 Å². The summed E-state index contributed by atoms with van der Waals surface area (Å²) in [5.74, 6) is -0.0305. The van der Waals surface area contributed by atoms with Gasteiger partial charge in [0.2, 0.25) is 0 Å². The SMILES string of the molecule is CC1(C)CCCC(NC(=O)c2ccc(Br)c(Cl)c2)C1. The number of rotatable bonds is 2. The van der Waals surface area contributed by atoms with E-state index in [9.17, 15) is 4.79 Å². The van der Waals surface area contributed by atoms with Gasteiger partial charge in [-0.25, -0.2) is 0 Å². The first-order chi connectivity index (χ1) is 8.87. The molecule has 0 bridgehead atoms. The Morgan fingerprint density at radius 3 is 2.84 bits per heavy atom. The number of benzene rings is 1. The van der Waals surface area contributed by atoms with Gasteiger partial charge in [0.25, 0.3) is 5.91 Å². The number of hydrogen-bond acceptors (Lipinski definition) is 1. The van der Waals surface area contributed by atoms with Crippen molar-refractivity contribution in [2.45, 2.75) is 45.6 Å². The number of carbonyl (C=O) groups excluding carboxylic acids is 1. The van der Waals surface area contributed by atoms with Crippen molar-refractivity contribution in [3.05, 3.63) is 33.3 Å². The predicted octanol–water partition coefficient (Wildman–Crippen LogP) is 4.80. The van der Waals surface area contributed by atoms with Gasteiger partial charge in [0.05, 0.1) is 5.02 Å². The maximum absolute atomic E-state index is 12.2. The Morgan fingerprint density at radius 1 is 1.47 bits per heavy atom. The van der Waals surface area contributed by atoms with E-state index >= 15 is 0 Å². The van der Waals surface area contributed by atoms with Gasteiger partial charge in [0.15, 0.2) is 0 Å². The number of carbonyl (C=O) groups is 1. The fourth-order valence-electron chi connectivity index (χ4n) is 2.73. The van der Waals surface area contributed by atoms with Gasteiger partial charge in [-0.1, -0.05) is 31.9 Å². The number of hydrogen-bond donors (Lipinski definition) is 1. The highest BCUT2D eigenvalue weighted by Gasteiger charge is 2.28. The lowest BCUT2D eigenvalue weighted by atomic mass is 9.75. The average molecular weight is 345 g/mol. The summed E-state index contributed by atoms with van der Waals surface area (Å²) in [6.07, 6.45) is 4.53. The monoisotopic (exact) mass is 343 g/mol. The van der Waals surface area contributed by atoms with E-state index in [0.717, 1.165) is 17.3 Å². The molecular formula is C15H19BrClNO. The summed E-state index contributed by atoms with van der Waals surface area (Å²) in [7, 11) is 0. The molecule has 2 rings (SSSR count). The summed E-state index contributed by atoms with van der Waals surface area (Å²) in [6, 6.07) is 5.58. The molecule has 1 aliphatic rings. The molecule has 1 aromatic rings. The second-order valence-electron chi connectivity index (χ2n) is 6.06. The Labute approximate surface area is 128 Å². The van der Waals surface area contributed by atoms with Crippen molar-refractivity contribution in [1.82, 2.24) is 5.32 Å². The van der Waals surface area contributed by atoms with Gasteiger partial charge in [0.1, 0.15) is 0 Å². The molecule has 19 heavy (non-hydrogen) atoms. The zero-order valence-electron chi connectivity index (χ0n) is 11.3. The maximum Gasteiger partial charge on any atom is 0.251 e. The van der Waals surface area contributed by atoms with Gasteiger partial charge >= 0.3 is 0 Å². The van der Waals surface area contributed by atoms with Gasteiger partial charge in [0, 0.05) is 16.1 Å². The first kappa shape index (κ1) is 14.9. The van der Waals surface area contributed by atoms with Crippen molar-refractivity contribution in [2.75, 3.05) is 0 Å². The summed E-state index contributed by atoms with van der Waals surface area (Å²) in [5.41, 5.74) is 0.949. The molecule has 1 unspecified atom stereocenters. The van der Waals surface area contributed by atoms with Crippen LogP contribution in [0.4, 0.5) is 0 Å². The summed E-state index contributed by atoms with van der Waals surface area (Å²) in [5, 5.41) is 3.69. The molecule has 0 heterocycles. The highest BCUT2D eigenvalue weighted by atomic mass is 79.9. The van der Waals surface area contributed by atoms with Crippen LogP contribution in [0.25, 0.3) is 0 Å². The Bertz CT molecular complexity index is 487. The van der Waals surface area contributed by atoms with Gasteiger partial charge < -0.3 is 5.32 Å². The number of halogens is 2. The van der Waals surface area contributed by atoms with Crippen molar-refractivity contribution in [3.8, 4) is 0 Å². The van der Waals surface area contributed by atoms with E-state index < -0.39 is 0 Å². The molecule has 2 nitrogen and oxygen atoms in total. The topological polar surface area (TPSA) is 29.1 Å². The summed E-state index contributed by atoms with van der Waals surface area (Å²) in [6.45, 7) is 4.53. The molecule has 1 aliphatic carbocycles. The summed E-state index contributed by atoms with van der Waals surface area (Å²) in [4.78, 5) is 12.2. The fourth-order valence-corrected chi connectivity index (χ4v) is 3.15. The van der Waals surface area contributed by atoms with Gasteiger partial charge in [-0.2, -0.15) is 0 Å². The van der Waals surface area contributed by atoms with E-state index in [1.54, 1.807) is 12.1 Å². The smallest absolute Gasteiger partial charge is 0.251 e. The summed E-state index contributed by atoms with van der Waals surface area (Å²) >= 11 is 9.35. The minimum Gasteiger partial charge on any atom is -0.349 e. The van der Waals surface area contributed by atoms with E-state index in [4.69, 9.17) is 11.6 Å². The highest BCUT2D eigenvalue weighted by Crippen LogP contribution is 2.35. The third-order valence-corrected chi connectivity index (χ3v) is 4.95. The standard InChI is InChI=1S/C15H19BrClNO/c1-15(2)7-3-4-11(9-15)18-14(19)10-5-6-12(16)13(17)8-10/h5-6,8,11H,3-4,7,9H2,1-2H3,(H,18,19).